The molecule has 0 aromatic carbocycles. The minimum atomic E-state index is -1.84. The molecule has 0 aliphatic rings. The minimum absolute atomic E-state index is 0.560. The summed E-state index contributed by atoms with van der Waals surface area (Å²) in [6.07, 6.45) is -1.84. The van der Waals surface area contributed by atoms with Gasteiger partial charge in [-0.15, -0.1) is 0 Å². The van der Waals surface area contributed by atoms with E-state index in [0.717, 1.165) is 6.92 Å². The van der Waals surface area contributed by atoms with Gasteiger partial charge in [0.25, 0.3) is 0 Å². The van der Waals surface area contributed by atoms with E-state index in [-0.39, 0.29) is 0 Å². The summed E-state index contributed by atoms with van der Waals surface area (Å²) in [5.74, 6) is -0.560. The third-order valence-corrected chi connectivity index (χ3v) is 0.495. The van der Waals surface area contributed by atoms with E-state index in [0.29, 0.717) is 0 Å². The van der Waals surface area contributed by atoms with Crippen LogP contribution >= 0.6 is 0 Å². The predicted octanol–water partition coefficient (Wildman–Crippen LogP) is 0.388. The lowest BCUT2D eigenvalue weighted by Gasteiger charge is -2.01. The molecular weight excluding hydrogens is 116 g/mol. The summed E-state index contributed by atoms with van der Waals surface area (Å²) in [4.78, 5) is 9.90. The summed E-state index contributed by atoms with van der Waals surface area (Å²) >= 11 is 0. The molecule has 8 heavy (non-hydrogen) atoms. The first-order valence-electron chi connectivity index (χ1n) is 2.14. The first kappa shape index (κ1) is 7.33. The second-order valence-corrected chi connectivity index (χ2v) is 1.32. The van der Waals surface area contributed by atoms with Crippen molar-refractivity contribution in [2.24, 2.45) is 0 Å². The molecule has 48 valence electrons. The van der Waals surface area contributed by atoms with Gasteiger partial charge in [0, 0.05) is 6.92 Å². The van der Waals surface area contributed by atoms with E-state index in [4.69, 9.17) is 0 Å². The van der Waals surface area contributed by atoms with Gasteiger partial charge >= 0.3 is 0 Å². The quantitative estimate of drug-likeness (QED) is 0.528. The maximum absolute atomic E-state index is 11.7. The molecule has 4 heteroatoms. The fourth-order valence-corrected chi connectivity index (χ4v) is 0.259. The summed E-state index contributed by atoms with van der Waals surface area (Å²) in [6.45, 7) is -0.0399. The highest BCUT2D eigenvalue weighted by molar-refractivity contribution is 5.72. The van der Waals surface area contributed by atoms with Crippen LogP contribution in [0.4, 0.5) is 8.78 Å². The molecule has 1 amide bonds. The second-order valence-electron chi connectivity index (χ2n) is 1.32. The molecule has 1 unspecified atom stereocenters. The summed E-state index contributed by atoms with van der Waals surface area (Å²) in [5.41, 5.74) is 0. The highest BCUT2D eigenvalue weighted by atomic mass is 19.2. The number of hydrogen-bond donors (Lipinski definition) is 1. The van der Waals surface area contributed by atoms with Crippen LogP contribution in [0.15, 0.2) is 0 Å². The molecule has 0 saturated heterocycles. The Hall–Kier alpha value is -0.670. The minimum Gasteiger partial charge on any atom is -0.325 e. The molecule has 2 nitrogen and oxygen atoms in total. The molecule has 0 aliphatic carbocycles. The van der Waals surface area contributed by atoms with Crippen LogP contribution in [0.3, 0.4) is 0 Å². The first-order valence-corrected chi connectivity index (χ1v) is 2.14. The molecule has 0 aliphatic heterocycles. The van der Waals surface area contributed by atoms with Crippen LogP contribution in [0.5, 0.6) is 0 Å². The molecule has 0 aromatic heterocycles. The van der Waals surface area contributed by atoms with Crippen molar-refractivity contribution in [2.75, 3.05) is 6.67 Å². The van der Waals surface area contributed by atoms with E-state index < -0.39 is 18.9 Å². The Labute approximate surface area is 45.9 Å². The van der Waals surface area contributed by atoms with Crippen molar-refractivity contribution in [2.45, 2.75) is 13.2 Å². The van der Waals surface area contributed by atoms with Gasteiger partial charge in [0.1, 0.15) is 6.67 Å². The Morgan fingerprint density at radius 2 is 2.38 bits per heavy atom. The van der Waals surface area contributed by atoms with E-state index >= 15 is 0 Å². The Bertz CT molecular complexity index is 86.1. The maximum Gasteiger partial charge on any atom is 0.219 e. The number of hydrogen-bond acceptors (Lipinski definition) is 1. The zero-order valence-corrected chi connectivity index (χ0v) is 4.45. The lowest BCUT2D eigenvalue weighted by atomic mass is 10.6. The zero-order chi connectivity index (χ0) is 6.57. The van der Waals surface area contributed by atoms with Crippen molar-refractivity contribution in [1.29, 1.82) is 0 Å². The topological polar surface area (TPSA) is 29.1 Å². The Morgan fingerprint density at radius 3 is 2.50 bits per heavy atom. The van der Waals surface area contributed by atoms with Gasteiger partial charge in [0.2, 0.25) is 12.2 Å². The molecule has 1 N–H and O–H groups in total. The van der Waals surface area contributed by atoms with Gasteiger partial charge in [-0.3, -0.25) is 4.79 Å². The molecule has 0 radical (unpaired) electrons. The van der Waals surface area contributed by atoms with E-state index in [1.165, 1.54) is 0 Å². The number of nitrogens with one attached hydrogen (secondary N) is 1. The lowest BCUT2D eigenvalue weighted by molar-refractivity contribution is -0.120. The fourth-order valence-electron chi connectivity index (χ4n) is 0.259. The molecular formula is C4H7F2NO. The Kier molecular flexibility index (Phi) is 3.07. The van der Waals surface area contributed by atoms with E-state index in [1.54, 1.807) is 5.32 Å². The lowest BCUT2D eigenvalue weighted by Crippen LogP contribution is -2.30. The summed E-state index contributed by atoms with van der Waals surface area (Å²) in [7, 11) is 0. The number of carbonyl (C=O) groups excluding carboxylic acids is 1. The normalized spacial score (nSPS) is 12.9. The van der Waals surface area contributed by atoms with Crippen molar-refractivity contribution in [1.82, 2.24) is 5.32 Å². The van der Waals surface area contributed by atoms with Gasteiger partial charge in [-0.1, -0.05) is 0 Å². The highest BCUT2D eigenvalue weighted by Gasteiger charge is 2.03. The number of carbonyl (C=O) groups is 1. The Balaban J connectivity index is 3.24. The Morgan fingerprint density at radius 1 is 1.88 bits per heavy atom. The van der Waals surface area contributed by atoms with Crippen LogP contribution in [-0.4, -0.2) is 18.9 Å². The molecule has 1 atom stereocenters. The number of halogens is 2. The smallest absolute Gasteiger partial charge is 0.219 e. The van der Waals surface area contributed by atoms with Crippen LogP contribution in [0.1, 0.15) is 6.92 Å². The fraction of sp³-hybridized carbons (Fsp3) is 0.750. The van der Waals surface area contributed by atoms with Crippen molar-refractivity contribution in [3.05, 3.63) is 0 Å². The maximum atomic E-state index is 11.7. The largest absolute Gasteiger partial charge is 0.325 e. The molecule has 0 spiro atoms. The molecule has 0 saturated carbocycles. The van der Waals surface area contributed by atoms with Gasteiger partial charge in [0.05, 0.1) is 0 Å². The van der Waals surface area contributed by atoms with E-state index in [2.05, 4.69) is 0 Å². The third kappa shape index (κ3) is 3.52. The zero-order valence-electron chi connectivity index (χ0n) is 4.45. The molecule has 0 rings (SSSR count). The predicted molar refractivity (Wildman–Crippen MR) is 24.7 cm³/mol. The van der Waals surface area contributed by atoms with Crippen LogP contribution in [-0.2, 0) is 4.79 Å². The van der Waals surface area contributed by atoms with Crippen molar-refractivity contribution >= 4 is 5.91 Å². The average Bonchev–Trinajstić information content (AvgIpc) is 1.65. The monoisotopic (exact) mass is 123 g/mol. The van der Waals surface area contributed by atoms with Gasteiger partial charge in [-0.2, -0.15) is 0 Å². The molecule has 0 bridgehead atoms. The van der Waals surface area contributed by atoms with Crippen molar-refractivity contribution < 1.29 is 13.6 Å². The van der Waals surface area contributed by atoms with Crippen LogP contribution in [0.2, 0.25) is 0 Å². The first-order chi connectivity index (χ1) is 3.66. The second kappa shape index (κ2) is 3.35. The number of rotatable bonds is 2. The number of alkyl halides is 2. The van der Waals surface area contributed by atoms with Gasteiger partial charge in [-0.25, -0.2) is 8.78 Å². The van der Waals surface area contributed by atoms with Crippen LogP contribution in [0, 0.1) is 0 Å². The van der Waals surface area contributed by atoms with E-state index in [1.807, 2.05) is 0 Å². The number of amides is 1. The van der Waals surface area contributed by atoms with Crippen LogP contribution < -0.4 is 5.32 Å². The molecule has 0 heterocycles. The van der Waals surface area contributed by atoms with Gasteiger partial charge in [0.15, 0.2) is 0 Å². The summed E-state index contributed by atoms with van der Waals surface area (Å²) in [5, 5.41) is 1.71. The van der Waals surface area contributed by atoms with E-state index in [9.17, 15) is 13.6 Å². The molecule has 0 fully saturated rings. The van der Waals surface area contributed by atoms with Gasteiger partial charge < -0.3 is 5.32 Å². The average molecular weight is 123 g/mol. The SMILES string of the molecule is CC(=O)NC(F)CF. The summed E-state index contributed by atoms with van der Waals surface area (Å²) < 4.78 is 22.8. The van der Waals surface area contributed by atoms with Gasteiger partial charge in [-0.05, 0) is 0 Å². The standard InChI is InChI=1S/C4H7F2NO/c1-3(8)7-4(6)2-5/h4H,2H2,1H3,(H,7,8). The van der Waals surface area contributed by atoms with Crippen molar-refractivity contribution in [3.63, 3.8) is 0 Å². The summed E-state index contributed by atoms with van der Waals surface area (Å²) in [6, 6.07) is 0. The molecule has 0 aromatic rings. The highest BCUT2D eigenvalue weighted by Crippen LogP contribution is 1.83. The van der Waals surface area contributed by atoms with Crippen molar-refractivity contribution in [3.8, 4) is 0 Å². The third-order valence-electron chi connectivity index (χ3n) is 0.495. The van der Waals surface area contributed by atoms with Crippen LogP contribution in [0.25, 0.3) is 0 Å².